The van der Waals surface area contributed by atoms with Gasteiger partial charge in [0.2, 0.25) is 11.8 Å². The third kappa shape index (κ3) is 5.76. The van der Waals surface area contributed by atoms with E-state index in [0.29, 0.717) is 34.5 Å². The average Bonchev–Trinajstić information content (AvgIpc) is 3.77. The summed E-state index contributed by atoms with van der Waals surface area (Å²) in [6, 6.07) is 24.4. The zero-order valence-electron chi connectivity index (χ0n) is 23.2. The van der Waals surface area contributed by atoms with Gasteiger partial charge in [-0.1, -0.05) is 60.7 Å². The first-order valence-corrected chi connectivity index (χ1v) is 14.2. The van der Waals surface area contributed by atoms with Crippen LogP contribution in [0.25, 0.3) is 22.2 Å². The third-order valence-electron chi connectivity index (χ3n) is 7.76. The Morgan fingerprint density at radius 3 is 2.64 bits per heavy atom. The van der Waals surface area contributed by atoms with Crippen molar-refractivity contribution in [1.82, 2.24) is 20.2 Å². The number of hydrogen-bond acceptors (Lipinski definition) is 5. The Morgan fingerprint density at radius 1 is 1.07 bits per heavy atom. The molecular formula is C33H32FN5O3. The largest absolute Gasteiger partial charge is 0.424 e. The highest BCUT2D eigenvalue weighted by molar-refractivity contribution is 5.91. The fraction of sp³-hybridized carbons (Fsp3) is 0.242. The molecule has 2 amide bonds. The van der Waals surface area contributed by atoms with Crippen LogP contribution in [0, 0.1) is 5.82 Å². The van der Waals surface area contributed by atoms with Crippen molar-refractivity contribution in [3.63, 3.8) is 0 Å². The van der Waals surface area contributed by atoms with Gasteiger partial charge in [0.1, 0.15) is 17.4 Å². The molecule has 5 aromatic rings. The summed E-state index contributed by atoms with van der Waals surface area (Å²) in [6.45, 7) is 2.46. The summed E-state index contributed by atoms with van der Waals surface area (Å²) in [7, 11) is 0. The van der Waals surface area contributed by atoms with E-state index in [1.165, 1.54) is 6.07 Å². The molecule has 8 nitrogen and oxygen atoms in total. The summed E-state index contributed by atoms with van der Waals surface area (Å²) in [5, 5.41) is 6.08. The van der Waals surface area contributed by atoms with E-state index < -0.39 is 12.1 Å². The van der Waals surface area contributed by atoms with Gasteiger partial charge in [0.05, 0.1) is 18.5 Å². The number of likely N-dealkylation sites (tertiary alicyclic amines) is 1. The molecule has 6 rings (SSSR count). The van der Waals surface area contributed by atoms with Crippen LogP contribution in [0.2, 0.25) is 0 Å². The van der Waals surface area contributed by atoms with Crippen LogP contribution in [0.3, 0.4) is 0 Å². The van der Waals surface area contributed by atoms with E-state index in [1.54, 1.807) is 30.5 Å². The summed E-state index contributed by atoms with van der Waals surface area (Å²) >= 11 is 0. The van der Waals surface area contributed by atoms with Gasteiger partial charge in [-0.3, -0.25) is 9.59 Å². The normalized spacial score (nSPS) is 16.3. The lowest BCUT2D eigenvalue weighted by molar-refractivity contribution is -0.135. The number of nitrogens with zero attached hydrogens (tertiary/aromatic N) is 2. The number of fused-ring (bicyclic) bond motifs is 1. The summed E-state index contributed by atoms with van der Waals surface area (Å²) < 4.78 is 20.2. The van der Waals surface area contributed by atoms with Crippen LogP contribution < -0.4 is 10.6 Å². The highest BCUT2D eigenvalue weighted by Gasteiger charge is 2.33. The zero-order chi connectivity index (χ0) is 29.1. The summed E-state index contributed by atoms with van der Waals surface area (Å²) in [4.78, 5) is 36.8. The van der Waals surface area contributed by atoms with E-state index in [1.807, 2.05) is 66.4 Å². The van der Waals surface area contributed by atoms with E-state index in [0.717, 1.165) is 18.4 Å². The SMILES string of the molecule is C[C@H](NC(=O)[C@H](CC(=O)N1CCC[C@@H]1c1ccccc1)Nc1nc2ccccc2o1)c1cc(-c2ccccc2F)c[nH]1. The number of amides is 2. The van der Waals surface area contributed by atoms with Crippen molar-refractivity contribution in [2.45, 2.75) is 44.3 Å². The third-order valence-corrected chi connectivity index (χ3v) is 7.76. The molecule has 0 radical (unpaired) electrons. The van der Waals surface area contributed by atoms with Gasteiger partial charge in [-0.25, -0.2) is 4.39 Å². The maximum atomic E-state index is 14.3. The van der Waals surface area contributed by atoms with Crippen LogP contribution in [0.4, 0.5) is 10.4 Å². The Balaban J connectivity index is 1.21. The van der Waals surface area contributed by atoms with Gasteiger partial charge in [-0.05, 0) is 49.6 Å². The Kier molecular flexibility index (Phi) is 7.72. The van der Waals surface area contributed by atoms with Crippen molar-refractivity contribution >= 4 is 28.9 Å². The average molecular weight is 566 g/mol. The number of para-hydroxylation sites is 2. The first-order valence-electron chi connectivity index (χ1n) is 14.2. The van der Waals surface area contributed by atoms with Crippen molar-refractivity contribution in [2.24, 2.45) is 0 Å². The number of H-pyrrole nitrogens is 1. The van der Waals surface area contributed by atoms with E-state index in [9.17, 15) is 14.0 Å². The predicted molar refractivity (Wildman–Crippen MR) is 159 cm³/mol. The lowest BCUT2D eigenvalue weighted by Crippen LogP contribution is -2.44. The molecule has 0 spiro atoms. The molecule has 3 N–H and O–H groups in total. The first-order chi connectivity index (χ1) is 20.5. The maximum Gasteiger partial charge on any atom is 0.296 e. The molecule has 0 unspecified atom stereocenters. The van der Waals surface area contributed by atoms with Crippen molar-refractivity contribution in [1.29, 1.82) is 0 Å². The molecule has 0 saturated carbocycles. The number of aromatic nitrogens is 2. The Hall–Kier alpha value is -4.92. The van der Waals surface area contributed by atoms with Gasteiger partial charge in [0.15, 0.2) is 5.58 Å². The van der Waals surface area contributed by atoms with Crippen LogP contribution >= 0.6 is 0 Å². The highest BCUT2D eigenvalue weighted by atomic mass is 19.1. The monoisotopic (exact) mass is 565 g/mol. The minimum atomic E-state index is -0.939. The Bertz CT molecular complexity index is 1670. The second kappa shape index (κ2) is 11.9. The van der Waals surface area contributed by atoms with Crippen molar-refractivity contribution < 1.29 is 18.4 Å². The van der Waals surface area contributed by atoms with Gasteiger partial charge in [-0.2, -0.15) is 4.98 Å². The topological polar surface area (TPSA) is 103 Å². The number of hydrogen-bond donors (Lipinski definition) is 3. The Morgan fingerprint density at radius 2 is 1.83 bits per heavy atom. The van der Waals surface area contributed by atoms with E-state index in [2.05, 4.69) is 20.6 Å². The molecule has 3 aromatic carbocycles. The molecule has 0 aliphatic carbocycles. The van der Waals surface area contributed by atoms with Crippen LogP contribution in [0.15, 0.2) is 95.5 Å². The number of carbonyl (C=O) groups excluding carboxylic acids is 2. The number of carbonyl (C=O) groups is 2. The smallest absolute Gasteiger partial charge is 0.296 e. The number of nitrogens with one attached hydrogen (secondary N) is 3. The fourth-order valence-electron chi connectivity index (χ4n) is 5.58. The summed E-state index contributed by atoms with van der Waals surface area (Å²) in [5.41, 5.74) is 4.17. The minimum absolute atomic E-state index is 0.0265. The summed E-state index contributed by atoms with van der Waals surface area (Å²) in [5.74, 6) is -0.827. The van der Waals surface area contributed by atoms with E-state index in [-0.39, 0.29) is 36.1 Å². The molecule has 1 saturated heterocycles. The lowest BCUT2D eigenvalue weighted by atomic mass is 10.0. The summed E-state index contributed by atoms with van der Waals surface area (Å²) in [6.07, 6.45) is 3.41. The minimum Gasteiger partial charge on any atom is -0.424 e. The standard InChI is InChI=1S/C33H32FN5O3/c1-21(27-18-23(20-35-27)24-12-5-6-13-25(24)34)36-32(41)28(38-33-37-26-14-7-8-16-30(26)42-33)19-31(40)39-17-9-15-29(39)22-10-3-2-4-11-22/h2-8,10-14,16,18,20-21,28-29,35H,9,15,17,19H2,1H3,(H,36,41)(H,37,38)/t21-,28-,29+/m0/s1. The van der Waals surface area contributed by atoms with Crippen molar-refractivity contribution in [3.8, 4) is 11.1 Å². The second-order valence-corrected chi connectivity index (χ2v) is 10.6. The second-order valence-electron chi connectivity index (χ2n) is 10.6. The van der Waals surface area contributed by atoms with Crippen LogP contribution in [0.5, 0.6) is 0 Å². The number of rotatable bonds is 9. The van der Waals surface area contributed by atoms with Crippen LogP contribution in [0.1, 0.15) is 49.5 Å². The molecule has 1 aliphatic heterocycles. The molecule has 1 fully saturated rings. The van der Waals surface area contributed by atoms with Crippen molar-refractivity contribution in [2.75, 3.05) is 11.9 Å². The van der Waals surface area contributed by atoms with Gasteiger partial charge >= 0.3 is 0 Å². The predicted octanol–water partition coefficient (Wildman–Crippen LogP) is 6.37. The number of aromatic amines is 1. The van der Waals surface area contributed by atoms with Crippen LogP contribution in [-0.2, 0) is 9.59 Å². The highest BCUT2D eigenvalue weighted by Crippen LogP contribution is 2.33. The molecule has 0 bridgehead atoms. The molecule has 3 atom stereocenters. The van der Waals surface area contributed by atoms with Gasteiger partial charge in [0.25, 0.3) is 6.01 Å². The number of benzene rings is 3. The van der Waals surface area contributed by atoms with Crippen molar-refractivity contribution in [3.05, 3.63) is 108 Å². The number of halogens is 1. The molecule has 214 valence electrons. The van der Waals surface area contributed by atoms with Gasteiger partial charge in [0, 0.05) is 29.6 Å². The molecule has 42 heavy (non-hydrogen) atoms. The quantitative estimate of drug-likeness (QED) is 0.193. The van der Waals surface area contributed by atoms with E-state index >= 15 is 0 Å². The maximum absolute atomic E-state index is 14.3. The molecule has 1 aliphatic rings. The molecular weight excluding hydrogens is 533 g/mol. The Labute approximate surface area is 242 Å². The molecule has 3 heterocycles. The van der Waals surface area contributed by atoms with E-state index in [4.69, 9.17) is 4.42 Å². The van der Waals surface area contributed by atoms with Gasteiger partial charge < -0.3 is 24.9 Å². The molecule has 2 aromatic heterocycles. The van der Waals surface area contributed by atoms with Crippen LogP contribution in [-0.4, -0.2) is 39.3 Å². The lowest BCUT2D eigenvalue weighted by Gasteiger charge is -2.27. The first kappa shape index (κ1) is 27.3. The number of anilines is 1. The molecule has 9 heteroatoms. The number of oxazole rings is 1. The zero-order valence-corrected chi connectivity index (χ0v) is 23.2. The fourth-order valence-corrected chi connectivity index (χ4v) is 5.58. The van der Waals surface area contributed by atoms with Gasteiger partial charge in [-0.15, -0.1) is 0 Å².